The Hall–Kier alpha value is -2.65. The molecule has 0 aromatic heterocycles. The molecule has 2 N–H and O–H groups in total. The van der Waals surface area contributed by atoms with Gasteiger partial charge in [0, 0.05) is 52.9 Å². The predicted molar refractivity (Wildman–Crippen MR) is 157 cm³/mol. The van der Waals surface area contributed by atoms with E-state index < -0.39 is 11.0 Å². The van der Waals surface area contributed by atoms with Gasteiger partial charge in [-0.2, -0.15) is 0 Å². The zero-order valence-corrected chi connectivity index (χ0v) is 25.2. The maximum absolute atomic E-state index is 13.9. The molecule has 2 aromatic rings. The second-order valence-electron chi connectivity index (χ2n) is 11.9. The highest BCUT2D eigenvalue weighted by Gasteiger charge is 2.52. The molecule has 2 aliphatic rings. The number of carbonyl (C=O) groups excluding carboxylic acids is 3. The molecular weight excluding hydrogens is 551 g/mol. The first kappa shape index (κ1) is 30.3. The molecule has 4 rings (SSSR count). The summed E-state index contributed by atoms with van der Waals surface area (Å²) in [6, 6.07) is 12.6. The summed E-state index contributed by atoms with van der Waals surface area (Å²) in [5.41, 5.74) is 0.581. The molecule has 1 fully saturated rings. The number of nitrogens with one attached hydrogen (secondary N) is 2. The monoisotopic (exact) mass is 588 g/mol. The first-order valence-corrected chi connectivity index (χ1v) is 14.4. The Bertz CT molecular complexity index is 1270. The Morgan fingerprint density at radius 3 is 2.42 bits per heavy atom. The number of benzene rings is 2. The molecule has 2 heterocycles. The van der Waals surface area contributed by atoms with Crippen molar-refractivity contribution in [3.05, 3.63) is 63.6 Å². The molecule has 0 radical (unpaired) electrons. The molecule has 40 heavy (non-hydrogen) atoms. The zero-order valence-electron chi connectivity index (χ0n) is 23.7. The summed E-state index contributed by atoms with van der Waals surface area (Å²) >= 11 is 12.6. The van der Waals surface area contributed by atoms with Gasteiger partial charge >= 0.3 is 5.97 Å². The summed E-state index contributed by atoms with van der Waals surface area (Å²) in [7, 11) is 0. The molecule has 8 nitrogen and oxygen atoms in total. The molecule has 2 amide bonds. The molecule has 1 unspecified atom stereocenters. The van der Waals surface area contributed by atoms with E-state index >= 15 is 0 Å². The van der Waals surface area contributed by atoms with Gasteiger partial charge in [0.15, 0.2) is 0 Å². The number of hydrogen-bond donors (Lipinski definition) is 2. The third-order valence-corrected chi connectivity index (χ3v) is 7.94. The smallest absolute Gasteiger partial charge is 0.330 e. The van der Waals surface area contributed by atoms with Gasteiger partial charge in [-0.15, -0.1) is 5.06 Å². The number of carbonyl (C=O) groups is 3. The highest BCUT2D eigenvalue weighted by Crippen LogP contribution is 2.45. The fourth-order valence-corrected chi connectivity index (χ4v) is 5.75. The van der Waals surface area contributed by atoms with Crippen LogP contribution in [0.15, 0.2) is 42.5 Å². The molecular formula is C30H38Cl2N4O4. The minimum absolute atomic E-state index is 0.0208. The Morgan fingerprint density at radius 2 is 1.80 bits per heavy atom. The maximum atomic E-state index is 13.9. The summed E-state index contributed by atoms with van der Waals surface area (Å²) in [5.74, 6) is -0.649. The van der Waals surface area contributed by atoms with Gasteiger partial charge in [0.25, 0.3) is 0 Å². The number of halogens is 2. The van der Waals surface area contributed by atoms with Crippen molar-refractivity contribution in [3.63, 3.8) is 0 Å². The van der Waals surface area contributed by atoms with Crippen LogP contribution in [0.25, 0.3) is 0 Å². The highest BCUT2D eigenvalue weighted by molar-refractivity contribution is 6.31. The number of hydrogen-bond acceptors (Lipinski definition) is 6. The average Bonchev–Trinajstić information content (AvgIpc) is 3.13. The van der Waals surface area contributed by atoms with E-state index in [0.29, 0.717) is 48.1 Å². The SMILES string of the molecule is CC(C)N(CC(=O)NC1CCN(OC(=O)C(C)(C)C)CC1)C1(Cc2cccc(Cl)c2)C(=O)Nc2cc(Cl)ccc21. The van der Waals surface area contributed by atoms with E-state index in [9.17, 15) is 14.4 Å². The Morgan fingerprint density at radius 1 is 1.12 bits per heavy atom. The lowest BCUT2D eigenvalue weighted by atomic mass is 9.82. The van der Waals surface area contributed by atoms with E-state index in [4.69, 9.17) is 28.0 Å². The van der Waals surface area contributed by atoms with Crippen LogP contribution in [0.4, 0.5) is 5.69 Å². The van der Waals surface area contributed by atoms with Crippen molar-refractivity contribution in [3.8, 4) is 0 Å². The van der Waals surface area contributed by atoms with Crippen molar-refractivity contribution < 1.29 is 19.2 Å². The second kappa shape index (κ2) is 12.1. The van der Waals surface area contributed by atoms with Crippen molar-refractivity contribution >= 4 is 46.7 Å². The molecule has 1 saturated heterocycles. The van der Waals surface area contributed by atoms with Crippen LogP contribution in [0.1, 0.15) is 58.6 Å². The molecule has 1 atom stereocenters. The van der Waals surface area contributed by atoms with Crippen LogP contribution in [-0.2, 0) is 31.2 Å². The molecule has 2 aromatic carbocycles. The van der Waals surface area contributed by atoms with Crippen molar-refractivity contribution in [2.75, 3.05) is 25.0 Å². The van der Waals surface area contributed by atoms with Gasteiger partial charge in [-0.25, -0.2) is 4.79 Å². The van der Waals surface area contributed by atoms with Crippen molar-refractivity contribution in [1.82, 2.24) is 15.3 Å². The van der Waals surface area contributed by atoms with Crippen molar-refractivity contribution in [2.45, 2.75) is 71.5 Å². The van der Waals surface area contributed by atoms with Gasteiger partial charge in [0.2, 0.25) is 11.8 Å². The standard InChI is InChI=1S/C30H38Cl2N4O4/c1-19(2)36(18-26(37)33-23-11-13-35(14-12-23)40-28(39)29(3,4)5)30(17-20-7-6-8-21(31)15-20)24-10-9-22(32)16-25(24)34-27(30)38/h6-10,15-16,19,23H,11-14,17-18H2,1-5H3,(H,33,37)(H,34,38). The second-order valence-corrected chi connectivity index (χ2v) is 12.8. The quantitative estimate of drug-likeness (QED) is 0.441. The van der Waals surface area contributed by atoms with Crippen molar-refractivity contribution in [2.24, 2.45) is 5.41 Å². The van der Waals surface area contributed by atoms with Crippen LogP contribution in [0, 0.1) is 5.41 Å². The molecule has 0 spiro atoms. The lowest BCUT2D eigenvalue weighted by molar-refractivity contribution is -0.205. The summed E-state index contributed by atoms with van der Waals surface area (Å²) in [5, 5.41) is 8.92. The molecule has 0 saturated carbocycles. The third kappa shape index (κ3) is 6.62. The predicted octanol–water partition coefficient (Wildman–Crippen LogP) is 5.18. The minimum atomic E-state index is -1.14. The summed E-state index contributed by atoms with van der Waals surface area (Å²) in [6.07, 6.45) is 1.64. The number of rotatable bonds is 8. The lowest BCUT2D eigenvalue weighted by Crippen LogP contribution is -2.58. The van der Waals surface area contributed by atoms with Crippen LogP contribution in [0.5, 0.6) is 0 Å². The maximum Gasteiger partial charge on any atom is 0.330 e. The molecule has 0 bridgehead atoms. The lowest BCUT2D eigenvalue weighted by Gasteiger charge is -2.42. The van der Waals surface area contributed by atoms with Crippen LogP contribution in [-0.4, -0.2) is 59.5 Å². The highest BCUT2D eigenvalue weighted by atomic mass is 35.5. The third-order valence-electron chi connectivity index (χ3n) is 7.47. The van der Waals surface area contributed by atoms with E-state index in [1.54, 1.807) is 23.3 Å². The van der Waals surface area contributed by atoms with Crippen LogP contribution >= 0.6 is 23.2 Å². The Balaban J connectivity index is 1.53. The topological polar surface area (TPSA) is 91.0 Å². The number of amides is 2. The summed E-state index contributed by atoms with van der Waals surface area (Å²) in [6.45, 7) is 10.5. The van der Waals surface area contributed by atoms with E-state index in [1.165, 1.54) is 0 Å². The van der Waals surface area contributed by atoms with Gasteiger partial charge in [-0.1, -0.05) is 41.4 Å². The van der Waals surface area contributed by atoms with Gasteiger partial charge in [-0.05, 0) is 77.3 Å². The fourth-order valence-electron chi connectivity index (χ4n) is 5.37. The zero-order chi connectivity index (χ0) is 29.2. The largest absolute Gasteiger partial charge is 0.367 e. The first-order chi connectivity index (χ1) is 18.8. The molecule has 0 aliphatic carbocycles. The average molecular weight is 590 g/mol. The molecule has 10 heteroatoms. The van der Waals surface area contributed by atoms with Crippen LogP contribution < -0.4 is 10.6 Å². The normalized spacial score (nSPS) is 20.0. The number of nitrogens with zero attached hydrogens (tertiary/aromatic N) is 2. The van der Waals surface area contributed by atoms with Gasteiger partial charge in [-0.3, -0.25) is 14.5 Å². The molecule has 216 valence electrons. The number of piperidine rings is 1. The summed E-state index contributed by atoms with van der Waals surface area (Å²) in [4.78, 5) is 47.0. The Kier molecular flexibility index (Phi) is 9.15. The first-order valence-electron chi connectivity index (χ1n) is 13.7. The molecule has 2 aliphatic heterocycles. The van der Waals surface area contributed by atoms with E-state index in [0.717, 1.165) is 11.1 Å². The summed E-state index contributed by atoms with van der Waals surface area (Å²) < 4.78 is 0. The fraction of sp³-hybridized carbons (Fsp3) is 0.500. The number of hydroxylamine groups is 2. The number of fused-ring (bicyclic) bond motifs is 1. The number of anilines is 1. The van der Waals surface area contributed by atoms with Crippen molar-refractivity contribution in [1.29, 1.82) is 0 Å². The van der Waals surface area contributed by atoms with E-state index in [-0.39, 0.29) is 36.4 Å². The van der Waals surface area contributed by atoms with Gasteiger partial charge in [0.1, 0.15) is 5.54 Å². The van der Waals surface area contributed by atoms with Gasteiger partial charge in [0.05, 0.1) is 12.0 Å². The van der Waals surface area contributed by atoms with Crippen LogP contribution in [0.3, 0.4) is 0 Å². The van der Waals surface area contributed by atoms with Crippen LogP contribution in [0.2, 0.25) is 10.0 Å². The van der Waals surface area contributed by atoms with E-state index in [2.05, 4.69) is 10.6 Å². The minimum Gasteiger partial charge on any atom is -0.367 e. The van der Waals surface area contributed by atoms with Gasteiger partial charge < -0.3 is 15.5 Å². The van der Waals surface area contributed by atoms with E-state index in [1.807, 2.05) is 63.8 Å². The Labute approximate surface area is 246 Å².